The van der Waals surface area contributed by atoms with Crippen LogP contribution in [0.4, 0.5) is 0 Å². The zero-order valence-corrected chi connectivity index (χ0v) is 16.8. The van der Waals surface area contributed by atoms with Gasteiger partial charge in [0.15, 0.2) is 11.5 Å². The van der Waals surface area contributed by atoms with Crippen LogP contribution in [-0.4, -0.2) is 40.7 Å². The quantitative estimate of drug-likeness (QED) is 0.620. The van der Waals surface area contributed by atoms with E-state index >= 15 is 0 Å². The highest BCUT2D eigenvalue weighted by molar-refractivity contribution is 5.86. The SMILES string of the molecule is CCCN1C(=O)C2NNC(c3cc(C)ccc3O)C2C1c1ccc(O)c(OC)c1. The third kappa shape index (κ3) is 3.20. The molecule has 7 nitrogen and oxygen atoms in total. The van der Waals surface area contributed by atoms with Crippen molar-refractivity contribution in [3.05, 3.63) is 53.1 Å². The van der Waals surface area contributed by atoms with Crippen LogP contribution in [0.15, 0.2) is 36.4 Å². The van der Waals surface area contributed by atoms with E-state index in [1.54, 1.807) is 18.2 Å². The molecule has 4 unspecified atom stereocenters. The van der Waals surface area contributed by atoms with E-state index in [9.17, 15) is 15.0 Å². The van der Waals surface area contributed by atoms with E-state index in [4.69, 9.17) is 4.74 Å². The summed E-state index contributed by atoms with van der Waals surface area (Å²) in [7, 11) is 1.51. The molecule has 2 fully saturated rings. The van der Waals surface area contributed by atoms with E-state index < -0.39 is 6.04 Å². The number of rotatable bonds is 5. The number of hydrogen-bond donors (Lipinski definition) is 4. The molecular weight excluding hydrogens is 370 g/mol. The van der Waals surface area contributed by atoms with Crippen molar-refractivity contribution in [3.8, 4) is 17.2 Å². The number of benzene rings is 2. The lowest BCUT2D eigenvalue weighted by Crippen LogP contribution is -2.41. The third-order valence-corrected chi connectivity index (χ3v) is 5.94. The molecule has 4 atom stereocenters. The van der Waals surface area contributed by atoms with Crippen molar-refractivity contribution in [2.24, 2.45) is 5.92 Å². The second-order valence-electron chi connectivity index (χ2n) is 7.79. The van der Waals surface area contributed by atoms with Crippen LogP contribution >= 0.6 is 0 Å². The van der Waals surface area contributed by atoms with Gasteiger partial charge < -0.3 is 19.8 Å². The minimum Gasteiger partial charge on any atom is -0.508 e. The number of hydrogen-bond acceptors (Lipinski definition) is 6. The fourth-order valence-electron chi connectivity index (χ4n) is 4.66. The van der Waals surface area contributed by atoms with Gasteiger partial charge in [-0.3, -0.25) is 4.79 Å². The van der Waals surface area contributed by atoms with Crippen LogP contribution < -0.4 is 15.6 Å². The number of phenols is 2. The molecule has 2 heterocycles. The van der Waals surface area contributed by atoms with Gasteiger partial charge in [0.05, 0.1) is 19.2 Å². The number of nitrogens with one attached hydrogen (secondary N) is 2. The van der Waals surface area contributed by atoms with E-state index in [1.165, 1.54) is 7.11 Å². The smallest absolute Gasteiger partial charge is 0.242 e. The molecule has 2 aromatic carbocycles. The van der Waals surface area contributed by atoms with Gasteiger partial charge in [0.25, 0.3) is 0 Å². The molecule has 2 aliphatic rings. The second kappa shape index (κ2) is 7.57. The van der Waals surface area contributed by atoms with E-state index in [-0.39, 0.29) is 35.4 Å². The van der Waals surface area contributed by atoms with Gasteiger partial charge in [-0.2, -0.15) is 0 Å². The first-order valence-corrected chi connectivity index (χ1v) is 9.94. The van der Waals surface area contributed by atoms with Crippen LogP contribution in [0.2, 0.25) is 0 Å². The van der Waals surface area contributed by atoms with Gasteiger partial charge in [0, 0.05) is 18.0 Å². The molecular formula is C22H27N3O4. The molecule has 0 aliphatic carbocycles. The van der Waals surface area contributed by atoms with Crippen molar-refractivity contribution in [2.75, 3.05) is 13.7 Å². The number of methoxy groups -OCH3 is 1. The highest BCUT2D eigenvalue weighted by Gasteiger charge is 2.55. The Morgan fingerprint density at radius 1 is 1.07 bits per heavy atom. The predicted molar refractivity (Wildman–Crippen MR) is 109 cm³/mol. The van der Waals surface area contributed by atoms with E-state index in [0.717, 1.165) is 23.1 Å². The number of carbonyl (C=O) groups excluding carboxylic acids is 1. The van der Waals surface area contributed by atoms with Gasteiger partial charge in [0.2, 0.25) is 5.91 Å². The van der Waals surface area contributed by atoms with Gasteiger partial charge in [-0.1, -0.05) is 30.7 Å². The number of fused-ring (bicyclic) bond motifs is 1. The topological polar surface area (TPSA) is 94.1 Å². The third-order valence-electron chi connectivity index (χ3n) is 5.94. The van der Waals surface area contributed by atoms with E-state index in [2.05, 4.69) is 10.9 Å². The maximum absolute atomic E-state index is 13.2. The van der Waals surface area contributed by atoms with Gasteiger partial charge in [-0.05, 0) is 37.1 Å². The van der Waals surface area contributed by atoms with E-state index in [1.807, 2.05) is 36.9 Å². The monoisotopic (exact) mass is 397 g/mol. The normalized spacial score (nSPS) is 26.0. The Bertz CT molecular complexity index is 932. The highest BCUT2D eigenvalue weighted by atomic mass is 16.5. The zero-order valence-electron chi connectivity index (χ0n) is 16.8. The molecule has 154 valence electrons. The van der Waals surface area contributed by atoms with Crippen LogP contribution in [0.5, 0.6) is 17.2 Å². The first-order chi connectivity index (χ1) is 14.0. The van der Waals surface area contributed by atoms with Crippen LogP contribution in [0, 0.1) is 12.8 Å². The van der Waals surface area contributed by atoms with Crippen molar-refractivity contribution in [3.63, 3.8) is 0 Å². The lowest BCUT2D eigenvalue weighted by atomic mass is 9.82. The minimum atomic E-state index is -0.392. The van der Waals surface area contributed by atoms with Gasteiger partial charge in [0.1, 0.15) is 11.8 Å². The summed E-state index contributed by atoms with van der Waals surface area (Å²) >= 11 is 0. The molecule has 0 aromatic heterocycles. The Balaban J connectivity index is 1.81. The highest BCUT2D eigenvalue weighted by Crippen LogP contribution is 2.49. The van der Waals surface area contributed by atoms with E-state index in [0.29, 0.717) is 12.3 Å². The molecule has 4 N–H and O–H groups in total. The maximum atomic E-state index is 13.2. The zero-order chi connectivity index (χ0) is 20.7. The molecule has 2 aliphatic heterocycles. The van der Waals surface area contributed by atoms with Gasteiger partial charge in [-0.15, -0.1) is 0 Å². The molecule has 29 heavy (non-hydrogen) atoms. The summed E-state index contributed by atoms with van der Waals surface area (Å²) in [5.74, 6) is 0.560. The number of amides is 1. The number of hydrazine groups is 1. The summed E-state index contributed by atoms with van der Waals surface area (Å²) < 4.78 is 5.30. The number of nitrogens with zero attached hydrogens (tertiary/aromatic N) is 1. The average Bonchev–Trinajstić information content (AvgIpc) is 3.24. The number of aryl methyl sites for hydroxylation is 1. The Hall–Kier alpha value is -2.77. The molecule has 0 saturated carbocycles. The lowest BCUT2D eigenvalue weighted by molar-refractivity contribution is -0.130. The number of phenolic OH excluding ortho intramolecular Hbond substituents is 2. The largest absolute Gasteiger partial charge is 0.508 e. The molecule has 7 heteroatoms. The van der Waals surface area contributed by atoms with Crippen LogP contribution in [0.3, 0.4) is 0 Å². The Labute approximate surface area is 170 Å². The summed E-state index contributed by atoms with van der Waals surface area (Å²) in [5, 5.41) is 20.5. The first-order valence-electron chi connectivity index (χ1n) is 9.94. The van der Waals surface area contributed by atoms with Crippen molar-refractivity contribution in [1.29, 1.82) is 0 Å². The molecule has 0 spiro atoms. The lowest BCUT2D eigenvalue weighted by Gasteiger charge is -2.31. The molecule has 0 bridgehead atoms. The summed E-state index contributed by atoms with van der Waals surface area (Å²) in [5.41, 5.74) is 9.11. The van der Waals surface area contributed by atoms with Crippen molar-refractivity contribution >= 4 is 5.91 Å². The Morgan fingerprint density at radius 2 is 1.79 bits per heavy atom. The predicted octanol–water partition coefficient (Wildman–Crippen LogP) is 2.54. The summed E-state index contributed by atoms with van der Waals surface area (Å²) in [6.45, 7) is 4.66. The van der Waals surface area contributed by atoms with Gasteiger partial charge >= 0.3 is 0 Å². The Kier molecular flexibility index (Phi) is 5.10. The summed E-state index contributed by atoms with van der Waals surface area (Å²) in [4.78, 5) is 15.1. The van der Waals surface area contributed by atoms with Crippen molar-refractivity contribution in [2.45, 2.75) is 38.4 Å². The Morgan fingerprint density at radius 3 is 2.52 bits per heavy atom. The molecule has 2 saturated heterocycles. The summed E-state index contributed by atoms with van der Waals surface area (Å²) in [6.07, 6.45) is 0.838. The van der Waals surface area contributed by atoms with Crippen LogP contribution in [0.25, 0.3) is 0 Å². The van der Waals surface area contributed by atoms with Crippen LogP contribution in [0.1, 0.15) is 42.1 Å². The minimum absolute atomic E-state index is 0.0380. The van der Waals surface area contributed by atoms with Crippen LogP contribution in [-0.2, 0) is 4.79 Å². The molecule has 4 rings (SSSR count). The number of likely N-dealkylation sites (tertiary alicyclic amines) is 1. The standard InChI is InChI=1S/C22H27N3O4/c1-4-9-25-21(13-6-8-16(27)17(11-13)29-3)18-19(23-24-20(18)22(25)28)14-10-12(2)5-7-15(14)26/h5-8,10-11,18-21,23-24,26-27H,4,9H2,1-3H3. The average molecular weight is 397 g/mol. The maximum Gasteiger partial charge on any atom is 0.242 e. The molecule has 2 aromatic rings. The number of ether oxygens (including phenoxy) is 1. The van der Waals surface area contributed by atoms with Crippen molar-refractivity contribution in [1.82, 2.24) is 15.8 Å². The molecule has 0 radical (unpaired) electrons. The van der Waals surface area contributed by atoms with Crippen molar-refractivity contribution < 1.29 is 19.7 Å². The fourth-order valence-corrected chi connectivity index (χ4v) is 4.66. The second-order valence-corrected chi connectivity index (χ2v) is 7.79. The molecule has 1 amide bonds. The van der Waals surface area contributed by atoms with Gasteiger partial charge in [-0.25, -0.2) is 10.9 Å². The number of carbonyl (C=O) groups is 1. The fraction of sp³-hybridized carbons (Fsp3) is 0.409. The number of aromatic hydroxyl groups is 2. The first kappa shape index (κ1) is 19.5. The summed E-state index contributed by atoms with van der Waals surface area (Å²) in [6, 6.07) is 9.91.